The Kier molecular flexibility index (Phi) is 10.1. The molecule has 206 valence electrons. The Bertz CT molecular complexity index is 1370. The summed E-state index contributed by atoms with van der Waals surface area (Å²) in [7, 11) is 5.61. The van der Waals surface area contributed by atoms with E-state index in [1.165, 1.54) is 36.8 Å². The average molecular weight is 545 g/mol. The number of ketones is 1. The van der Waals surface area contributed by atoms with Crippen LogP contribution in [0.3, 0.4) is 0 Å². The number of nitrogens with zero attached hydrogens (tertiary/aromatic N) is 4. The van der Waals surface area contributed by atoms with Crippen molar-refractivity contribution < 1.29 is 9.53 Å². The molecule has 0 fully saturated rings. The molecule has 0 N–H and O–H groups in total. The van der Waals surface area contributed by atoms with E-state index in [0.29, 0.717) is 23.4 Å². The highest BCUT2D eigenvalue weighted by atomic mass is 32.1. The monoisotopic (exact) mass is 544 g/mol. The highest BCUT2D eigenvalue weighted by Crippen LogP contribution is 2.33. The van der Waals surface area contributed by atoms with Gasteiger partial charge in [-0.15, -0.1) is 21.5 Å². The van der Waals surface area contributed by atoms with Crippen molar-refractivity contribution in [3.8, 4) is 10.8 Å². The molecule has 0 saturated heterocycles. The maximum atomic E-state index is 13.9. The number of unbranched alkanes of at least 4 members (excludes halogenated alkanes) is 3. The number of rotatable bonds is 14. The molecule has 0 unspecified atom stereocenters. The third-order valence-corrected chi connectivity index (χ3v) is 8.09. The number of aryl methyl sites for hydroxylation is 4. The van der Waals surface area contributed by atoms with E-state index in [-0.39, 0.29) is 5.78 Å². The van der Waals surface area contributed by atoms with Crippen molar-refractivity contribution in [2.24, 2.45) is 0 Å². The quantitative estimate of drug-likeness (QED) is 0.128. The summed E-state index contributed by atoms with van der Waals surface area (Å²) in [5.41, 5.74) is 3.94. The molecule has 0 spiro atoms. The Hall–Kier alpha value is -3.29. The predicted octanol–water partition coefficient (Wildman–Crippen LogP) is 6.85. The summed E-state index contributed by atoms with van der Waals surface area (Å²) in [5, 5.41) is 9.64. The molecule has 39 heavy (non-hydrogen) atoms. The van der Waals surface area contributed by atoms with Gasteiger partial charge in [-0.1, -0.05) is 62.6 Å². The zero-order chi connectivity index (χ0) is 27.8. The van der Waals surface area contributed by atoms with E-state index in [9.17, 15) is 4.79 Å². The Morgan fingerprint density at radius 3 is 2.33 bits per heavy atom. The summed E-state index contributed by atoms with van der Waals surface area (Å²) in [4.78, 5) is 17.1. The second-order valence-electron chi connectivity index (χ2n) is 10.3. The molecule has 0 aliphatic carbocycles. The van der Waals surface area contributed by atoms with Crippen LogP contribution in [-0.4, -0.2) is 46.7 Å². The van der Waals surface area contributed by atoms with Crippen LogP contribution < -0.4 is 4.74 Å². The molecule has 0 bridgehead atoms. The third kappa shape index (κ3) is 7.22. The number of ether oxygens (including phenoxy) is 1. The fourth-order valence-corrected chi connectivity index (χ4v) is 6.03. The van der Waals surface area contributed by atoms with Crippen LogP contribution in [0.2, 0.25) is 0 Å². The number of benzene rings is 2. The number of hydrogen-bond acceptors (Lipinski definition) is 6. The summed E-state index contributed by atoms with van der Waals surface area (Å²) in [6.07, 6.45) is 8.07. The molecule has 4 rings (SSSR count). The number of carbonyl (C=O) groups is 1. The molecular formula is C32H40N4O2S. The zero-order valence-corrected chi connectivity index (χ0v) is 24.7. The molecule has 2 aromatic heterocycles. The van der Waals surface area contributed by atoms with E-state index in [1.54, 1.807) is 18.4 Å². The highest BCUT2D eigenvalue weighted by Gasteiger charge is 2.24. The van der Waals surface area contributed by atoms with Crippen LogP contribution in [0.15, 0.2) is 54.6 Å². The Balaban J connectivity index is 1.61. The van der Waals surface area contributed by atoms with Crippen molar-refractivity contribution >= 4 is 17.1 Å². The van der Waals surface area contributed by atoms with Gasteiger partial charge in [0.05, 0.1) is 24.8 Å². The van der Waals surface area contributed by atoms with E-state index < -0.39 is 0 Å². The first-order valence-corrected chi connectivity index (χ1v) is 14.7. The number of methoxy groups -OCH3 is 1. The lowest BCUT2D eigenvalue weighted by molar-refractivity contribution is 0.103. The molecule has 6 nitrogen and oxygen atoms in total. The minimum atomic E-state index is -0.0544. The van der Waals surface area contributed by atoms with Crippen LogP contribution >= 0.6 is 11.3 Å². The van der Waals surface area contributed by atoms with Crippen molar-refractivity contribution in [3.05, 3.63) is 93.4 Å². The summed E-state index contributed by atoms with van der Waals surface area (Å²) < 4.78 is 7.55. The fourth-order valence-electron chi connectivity index (χ4n) is 4.81. The first-order chi connectivity index (χ1) is 18.9. The van der Waals surface area contributed by atoms with E-state index in [4.69, 9.17) is 4.74 Å². The molecule has 2 aromatic carbocycles. The number of hydrogen-bond donors (Lipinski definition) is 0. The Morgan fingerprint density at radius 2 is 1.64 bits per heavy atom. The van der Waals surface area contributed by atoms with Crippen LogP contribution in [0.1, 0.15) is 76.2 Å². The minimum absolute atomic E-state index is 0.0544. The smallest absolute Gasteiger partial charge is 0.199 e. The van der Waals surface area contributed by atoms with Crippen molar-refractivity contribution in [3.63, 3.8) is 0 Å². The highest BCUT2D eigenvalue weighted by molar-refractivity contribution is 7.15. The Morgan fingerprint density at radius 1 is 0.923 bits per heavy atom. The molecule has 7 heteroatoms. The number of thiophene rings is 1. The average Bonchev–Trinajstić information content (AvgIpc) is 3.52. The van der Waals surface area contributed by atoms with Crippen LogP contribution in [0.25, 0.3) is 5.00 Å². The number of carbonyl (C=O) groups excluding carboxylic acids is 1. The summed E-state index contributed by atoms with van der Waals surface area (Å²) in [6.45, 7) is 4.81. The molecule has 0 aliphatic heterocycles. The molecule has 0 aliphatic rings. The van der Waals surface area contributed by atoms with E-state index in [0.717, 1.165) is 40.8 Å². The molecule has 0 radical (unpaired) electrons. The maximum absolute atomic E-state index is 13.9. The largest absolute Gasteiger partial charge is 0.496 e. The van der Waals surface area contributed by atoms with Crippen LogP contribution in [0, 0.1) is 6.92 Å². The predicted molar refractivity (Wildman–Crippen MR) is 159 cm³/mol. The standard InChI is InChI=1S/C32H40N4O2S/c1-6-7-8-9-12-24-15-17-25(18-16-24)19-20-26-21-28(31(37)27-13-10-11-14-29(27)38-5)32(39-26)36-23(2)33-34-30(36)22-35(3)4/h10-11,13-18,21H,6-9,12,19-20,22H2,1-5H3. The fraction of sp³-hybridized carbons (Fsp3) is 0.406. The van der Waals surface area contributed by atoms with Gasteiger partial charge in [-0.25, -0.2) is 0 Å². The van der Waals surface area contributed by atoms with Gasteiger partial charge in [0.2, 0.25) is 0 Å². The van der Waals surface area contributed by atoms with Crippen molar-refractivity contribution in [1.82, 2.24) is 19.7 Å². The number of aromatic nitrogens is 3. The third-order valence-electron chi connectivity index (χ3n) is 6.91. The maximum Gasteiger partial charge on any atom is 0.199 e. The first kappa shape index (κ1) is 28.7. The second kappa shape index (κ2) is 13.7. The van der Waals surface area contributed by atoms with Crippen molar-refractivity contribution in [2.75, 3.05) is 21.2 Å². The van der Waals surface area contributed by atoms with Crippen LogP contribution in [-0.2, 0) is 25.8 Å². The normalized spacial score (nSPS) is 11.3. The molecule has 0 amide bonds. The van der Waals surface area contributed by atoms with E-state index in [2.05, 4.69) is 52.4 Å². The van der Waals surface area contributed by atoms with Gasteiger partial charge in [0, 0.05) is 4.88 Å². The van der Waals surface area contributed by atoms with Gasteiger partial charge >= 0.3 is 0 Å². The lowest BCUT2D eigenvalue weighted by atomic mass is 10.0. The van der Waals surface area contributed by atoms with Gasteiger partial charge < -0.3 is 9.64 Å². The first-order valence-electron chi connectivity index (χ1n) is 13.9. The molecular weight excluding hydrogens is 504 g/mol. The van der Waals surface area contributed by atoms with Gasteiger partial charge in [-0.3, -0.25) is 9.36 Å². The molecule has 4 aromatic rings. The summed E-state index contributed by atoms with van der Waals surface area (Å²) in [6, 6.07) is 18.5. The van der Waals surface area contributed by atoms with Gasteiger partial charge in [0.1, 0.15) is 16.6 Å². The van der Waals surface area contributed by atoms with Gasteiger partial charge in [-0.2, -0.15) is 0 Å². The van der Waals surface area contributed by atoms with E-state index in [1.807, 2.05) is 49.9 Å². The number of para-hydroxylation sites is 1. The second-order valence-corrected chi connectivity index (χ2v) is 11.4. The topological polar surface area (TPSA) is 60.3 Å². The van der Waals surface area contributed by atoms with Gasteiger partial charge in [0.25, 0.3) is 0 Å². The Labute approximate surface area is 236 Å². The summed E-state index contributed by atoms with van der Waals surface area (Å²) in [5.74, 6) is 2.10. The summed E-state index contributed by atoms with van der Waals surface area (Å²) >= 11 is 1.65. The van der Waals surface area contributed by atoms with Gasteiger partial charge in [0.15, 0.2) is 11.6 Å². The molecule has 0 atom stereocenters. The zero-order valence-electron chi connectivity index (χ0n) is 23.9. The lowest BCUT2D eigenvalue weighted by Crippen LogP contribution is -2.16. The van der Waals surface area contributed by atoms with Crippen LogP contribution in [0.5, 0.6) is 5.75 Å². The van der Waals surface area contributed by atoms with Crippen molar-refractivity contribution in [1.29, 1.82) is 0 Å². The molecule has 2 heterocycles. The molecule has 0 saturated carbocycles. The SMILES string of the molecule is CCCCCCc1ccc(CCc2cc(C(=O)c3ccccc3OC)c(-n3c(C)nnc3CN(C)C)s2)cc1. The lowest BCUT2D eigenvalue weighted by Gasteiger charge is -2.13. The van der Waals surface area contributed by atoms with Gasteiger partial charge in [-0.05, 0) is 76.0 Å². The van der Waals surface area contributed by atoms with Crippen molar-refractivity contribution in [2.45, 2.75) is 65.3 Å². The van der Waals surface area contributed by atoms with Crippen LogP contribution in [0.4, 0.5) is 0 Å². The van der Waals surface area contributed by atoms with E-state index >= 15 is 0 Å². The minimum Gasteiger partial charge on any atom is -0.496 e.